The van der Waals surface area contributed by atoms with E-state index in [1.54, 1.807) is 18.4 Å². The van der Waals surface area contributed by atoms with Crippen LogP contribution in [0.1, 0.15) is 10.6 Å². The van der Waals surface area contributed by atoms with E-state index in [1.807, 2.05) is 19.3 Å². The molecule has 2 heterocycles. The standard InChI is InChI=1S/C12H16N4OS/c1-9-5-10(7-14-6-9)12-16-15-11(18-12)8-13-3-4-17-2/h5-7,13H,3-4,8H2,1-2H3. The van der Waals surface area contributed by atoms with E-state index < -0.39 is 0 Å². The minimum Gasteiger partial charge on any atom is -0.383 e. The van der Waals surface area contributed by atoms with Crippen molar-refractivity contribution in [3.05, 3.63) is 29.0 Å². The highest BCUT2D eigenvalue weighted by Crippen LogP contribution is 2.23. The molecule has 5 nitrogen and oxygen atoms in total. The van der Waals surface area contributed by atoms with E-state index in [0.29, 0.717) is 6.61 Å². The molecule has 0 aliphatic rings. The van der Waals surface area contributed by atoms with Gasteiger partial charge in [0.05, 0.1) is 6.61 Å². The van der Waals surface area contributed by atoms with E-state index >= 15 is 0 Å². The molecule has 0 spiro atoms. The molecule has 2 aromatic rings. The number of ether oxygens (including phenoxy) is 1. The van der Waals surface area contributed by atoms with Crippen molar-refractivity contribution < 1.29 is 4.74 Å². The predicted molar refractivity (Wildman–Crippen MR) is 71.5 cm³/mol. The van der Waals surface area contributed by atoms with Crippen LogP contribution in [0.3, 0.4) is 0 Å². The normalized spacial score (nSPS) is 10.8. The predicted octanol–water partition coefficient (Wildman–Crippen LogP) is 1.64. The van der Waals surface area contributed by atoms with Crippen LogP contribution in [-0.4, -0.2) is 35.4 Å². The Morgan fingerprint density at radius 2 is 2.22 bits per heavy atom. The fourth-order valence-electron chi connectivity index (χ4n) is 1.48. The first-order chi connectivity index (χ1) is 8.79. The summed E-state index contributed by atoms with van der Waals surface area (Å²) in [7, 11) is 1.69. The van der Waals surface area contributed by atoms with Crippen molar-refractivity contribution in [2.45, 2.75) is 13.5 Å². The summed E-state index contributed by atoms with van der Waals surface area (Å²) in [6.07, 6.45) is 3.65. The van der Waals surface area contributed by atoms with Crippen LogP contribution in [0.25, 0.3) is 10.6 Å². The quantitative estimate of drug-likeness (QED) is 0.804. The van der Waals surface area contributed by atoms with E-state index in [1.165, 1.54) is 0 Å². The Hall–Kier alpha value is -1.37. The second-order valence-corrected chi connectivity index (χ2v) is 4.98. The van der Waals surface area contributed by atoms with Crippen LogP contribution < -0.4 is 5.32 Å². The monoisotopic (exact) mass is 264 g/mol. The number of nitrogens with zero attached hydrogens (tertiary/aromatic N) is 3. The Labute approximate surface area is 110 Å². The van der Waals surface area contributed by atoms with Gasteiger partial charge in [-0.15, -0.1) is 10.2 Å². The summed E-state index contributed by atoms with van der Waals surface area (Å²) in [6.45, 7) is 4.26. The van der Waals surface area contributed by atoms with Gasteiger partial charge in [0.25, 0.3) is 0 Å². The van der Waals surface area contributed by atoms with Crippen LogP contribution in [0, 0.1) is 6.92 Å². The van der Waals surface area contributed by atoms with Gasteiger partial charge in [-0.3, -0.25) is 4.98 Å². The third kappa shape index (κ3) is 3.56. The number of aryl methyl sites for hydroxylation is 1. The van der Waals surface area contributed by atoms with Gasteiger partial charge < -0.3 is 10.1 Å². The fraction of sp³-hybridized carbons (Fsp3) is 0.417. The molecule has 0 fully saturated rings. The highest BCUT2D eigenvalue weighted by molar-refractivity contribution is 7.14. The molecule has 0 saturated heterocycles. The molecular formula is C12H16N4OS. The smallest absolute Gasteiger partial charge is 0.149 e. The summed E-state index contributed by atoms with van der Waals surface area (Å²) in [4.78, 5) is 4.16. The molecule has 1 N–H and O–H groups in total. The number of hydrogen-bond acceptors (Lipinski definition) is 6. The van der Waals surface area contributed by atoms with Gasteiger partial charge in [0.1, 0.15) is 10.0 Å². The van der Waals surface area contributed by atoms with Crippen molar-refractivity contribution >= 4 is 11.3 Å². The Morgan fingerprint density at radius 1 is 1.33 bits per heavy atom. The van der Waals surface area contributed by atoms with Crippen LogP contribution in [0.15, 0.2) is 18.5 Å². The maximum atomic E-state index is 4.96. The lowest BCUT2D eigenvalue weighted by Gasteiger charge is -1.99. The number of hydrogen-bond donors (Lipinski definition) is 1. The lowest BCUT2D eigenvalue weighted by atomic mass is 10.2. The van der Waals surface area contributed by atoms with Crippen molar-refractivity contribution in [1.29, 1.82) is 0 Å². The number of nitrogens with one attached hydrogen (secondary N) is 1. The number of aromatic nitrogens is 3. The van der Waals surface area contributed by atoms with Crippen molar-refractivity contribution in [3.63, 3.8) is 0 Å². The van der Waals surface area contributed by atoms with Crippen molar-refractivity contribution in [2.75, 3.05) is 20.3 Å². The summed E-state index contributed by atoms with van der Waals surface area (Å²) in [5.74, 6) is 0. The summed E-state index contributed by atoms with van der Waals surface area (Å²) in [6, 6.07) is 2.07. The highest BCUT2D eigenvalue weighted by atomic mass is 32.1. The van der Waals surface area contributed by atoms with Crippen LogP contribution in [0.5, 0.6) is 0 Å². The van der Waals surface area contributed by atoms with Gasteiger partial charge in [0.2, 0.25) is 0 Å². The molecule has 0 radical (unpaired) electrons. The molecule has 0 aliphatic carbocycles. The summed E-state index contributed by atoms with van der Waals surface area (Å²) >= 11 is 1.59. The Bertz CT molecular complexity index is 500. The summed E-state index contributed by atoms with van der Waals surface area (Å²) in [5.41, 5.74) is 2.15. The molecule has 6 heteroatoms. The van der Waals surface area contributed by atoms with Crippen molar-refractivity contribution in [2.24, 2.45) is 0 Å². The molecule has 0 bridgehead atoms. The highest BCUT2D eigenvalue weighted by Gasteiger charge is 2.06. The second-order valence-electron chi connectivity index (χ2n) is 3.92. The number of pyridine rings is 1. The zero-order chi connectivity index (χ0) is 12.8. The molecule has 0 unspecified atom stereocenters. The fourth-order valence-corrected chi connectivity index (χ4v) is 2.27. The minimum absolute atomic E-state index is 0.702. The molecule has 0 atom stereocenters. The third-order valence-corrected chi connectivity index (χ3v) is 3.32. The maximum absolute atomic E-state index is 4.96. The van der Waals surface area contributed by atoms with Crippen LogP contribution >= 0.6 is 11.3 Å². The minimum atomic E-state index is 0.702. The third-order valence-electron chi connectivity index (χ3n) is 2.35. The van der Waals surface area contributed by atoms with Crippen LogP contribution in [-0.2, 0) is 11.3 Å². The Balaban J connectivity index is 1.97. The van der Waals surface area contributed by atoms with Crippen molar-refractivity contribution in [1.82, 2.24) is 20.5 Å². The first-order valence-corrected chi connectivity index (χ1v) is 6.55. The summed E-state index contributed by atoms with van der Waals surface area (Å²) in [5, 5.41) is 13.5. The van der Waals surface area contributed by atoms with Gasteiger partial charge in [-0.05, 0) is 18.6 Å². The molecule has 2 rings (SSSR count). The average molecular weight is 264 g/mol. The zero-order valence-electron chi connectivity index (χ0n) is 10.5. The first-order valence-electron chi connectivity index (χ1n) is 5.73. The van der Waals surface area contributed by atoms with Crippen molar-refractivity contribution in [3.8, 4) is 10.6 Å². The van der Waals surface area contributed by atoms with Gasteiger partial charge in [0, 0.05) is 38.2 Å². The SMILES string of the molecule is COCCNCc1nnc(-c2cncc(C)c2)s1. The molecule has 2 aromatic heterocycles. The second kappa shape index (κ2) is 6.53. The lowest BCUT2D eigenvalue weighted by Crippen LogP contribution is -2.18. The van der Waals surface area contributed by atoms with E-state index in [4.69, 9.17) is 4.74 Å². The summed E-state index contributed by atoms with van der Waals surface area (Å²) < 4.78 is 4.96. The maximum Gasteiger partial charge on any atom is 0.149 e. The first kappa shape index (κ1) is 13.1. The molecule has 0 aromatic carbocycles. The van der Waals surface area contributed by atoms with Gasteiger partial charge >= 0.3 is 0 Å². The molecule has 96 valence electrons. The Morgan fingerprint density at radius 3 is 3.00 bits per heavy atom. The van der Waals surface area contributed by atoms with E-state index in [2.05, 4.69) is 26.6 Å². The van der Waals surface area contributed by atoms with Crippen LogP contribution in [0.4, 0.5) is 0 Å². The number of methoxy groups -OCH3 is 1. The van der Waals surface area contributed by atoms with E-state index in [9.17, 15) is 0 Å². The molecule has 0 aliphatic heterocycles. The van der Waals surface area contributed by atoms with Gasteiger partial charge in [-0.25, -0.2) is 0 Å². The molecule has 0 amide bonds. The van der Waals surface area contributed by atoms with Crippen LogP contribution in [0.2, 0.25) is 0 Å². The topological polar surface area (TPSA) is 59.9 Å². The zero-order valence-corrected chi connectivity index (χ0v) is 11.3. The average Bonchev–Trinajstić information content (AvgIpc) is 2.83. The van der Waals surface area contributed by atoms with Gasteiger partial charge in [-0.2, -0.15) is 0 Å². The molecular weight excluding hydrogens is 248 g/mol. The van der Waals surface area contributed by atoms with E-state index in [-0.39, 0.29) is 0 Å². The molecule has 18 heavy (non-hydrogen) atoms. The lowest BCUT2D eigenvalue weighted by molar-refractivity contribution is 0.199. The van der Waals surface area contributed by atoms with Gasteiger partial charge in [-0.1, -0.05) is 11.3 Å². The van der Waals surface area contributed by atoms with E-state index in [0.717, 1.165) is 34.2 Å². The largest absolute Gasteiger partial charge is 0.383 e. The number of rotatable bonds is 6. The van der Waals surface area contributed by atoms with Gasteiger partial charge in [0.15, 0.2) is 0 Å². The molecule has 0 saturated carbocycles. The Kier molecular flexibility index (Phi) is 4.74.